The average molecular weight is 319 g/mol. The molecule has 0 aliphatic heterocycles. The molecule has 24 heavy (non-hydrogen) atoms. The highest BCUT2D eigenvalue weighted by molar-refractivity contribution is 5.78. The van der Waals surface area contributed by atoms with E-state index >= 15 is 0 Å². The molecule has 1 N–H and O–H groups in total. The minimum Gasteiger partial charge on any atom is -0.378 e. The zero-order valence-corrected chi connectivity index (χ0v) is 13.5. The van der Waals surface area contributed by atoms with Crippen molar-refractivity contribution in [3.8, 4) is 5.69 Å². The standard InChI is InChI=1S/C17H17N7/c1-12-16-7-13(9-20-17(16)23(2)22-12)8-19-14-10-21-24(11-14)15-3-5-18-6-4-15/h3-7,9-11,19H,8H2,1-2H3. The molecule has 4 heterocycles. The Morgan fingerprint density at radius 2 is 2.00 bits per heavy atom. The van der Waals surface area contributed by atoms with Gasteiger partial charge in [-0.15, -0.1) is 0 Å². The Morgan fingerprint density at radius 1 is 1.17 bits per heavy atom. The Bertz CT molecular complexity index is 985. The summed E-state index contributed by atoms with van der Waals surface area (Å²) in [6.07, 6.45) is 9.14. The van der Waals surface area contributed by atoms with Crippen molar-refractivity contribution in [2.24, 2.45) is 7.05 Å². The topological polar surface area (TPSA) is 73.5 Å². The van der Waals surface area contributed by atoms with Crippen LogP contribution in [0.1, 0.15) is 11.3 Å². The third kappa shape index (κ3) is 2.60. The smallest absolute Gasteiger partial charge is 0.157 e. The molecule has 120 valence electrons. The van der Waals surface area contributed by atoms with Crippen LogP contribution >= 0.6 is 0 Å². The van der Waals surface area contributed by atoms with Gasteiger partial charge in [-0.2, -0.15) is 10.2 Å². The van der Waals surface area contributed by atoms with Crippen LogP contribution < -0.4 is 5.32 Å². The van der Waals surface area contributed by atoms with Crippen molar-refractivity contribution in [2.75, 3.05) is 5.32 Å². The van der Waals surface area contributed by atoms with Gasteiger partial charge >= 0.3 is 0 Å². The van der Waals surface area contributed by atoms with Crippen LogP contribution in [0, 0.1) is 6.92 Å². The highest BCUT2D eigenvalue weighted by atomic mass is 15.3. The molecule has 7 nitrogen and oxygen atoms in total. The lowest BCUT2D eigenvalue weighted by Crippen LogP contribution is -2.00. The molecule has 7 heteroatoms. The van der Waals surface area contributed by atoms with E-state index in [0.717, 1.165) is 33.7 Å². The largest absolute Gasteiger partial charge is 0.378 e. The fourth-order valence-corrected chi connectivity index (χ4v) is 2.70. The van der Waals surface area contributed by atoms with Crippen LogP contribution in [0.2, 0.25) is 0 Å². The molecule has 0 unspecified atom stereocenters. The maximum Gasteiger partial charge on any atom is 0.157 e. The number of fused-ring (bicyclic) bond motifs is 1. The summed E-state index contributed by atoms with van der Waals surface area (Å²) in [5, 5.41) is 13.2. The summed E-state index contributed by atoms with van der Waals surface area (Å²) >= 11 is 0. The first-order valence-electron chi connectivity index (χ1n) is 7.68. The van der Waals surface area contributed by atoms with E-state index in [9.17, 15) is 0 Å². The van der Waals surface area contributed by atoms with Gasteiger partial charge in [0.2, 0.25) is 0 Å². The van der Waals surface area contributed by atoms with E-state index in [2.05, 4.69) is 31.5 Å². The summed E-state index contributed by atoms with van der Waals surface area (Å²) < 4.78 is 3.62. The van der Waals surface area contributed by atoms with Gasteiger partial charge in [0.1, 0.15) is 0 Å². The number of aryl methyl sites for hydroxylation is 2. The Hall–Kier alpha value is -3.22. The lowest BCUT2D eigenvalue weighted by atomic mass is 10.2. The van der Waals surface area contributed by atoms with E-state index in [1.54, 1.807) is 17.1 Å². The van der Waals surface area contributed by atoms with Gasteiger partial charge in [0, 0.05) is 37.6 Å². The summed E-state index contributed by atoms with van der Waals surface area (Å²) in [6.45, 7) is 2.68. The number of nitrogens with one attached hydrogen (secondary N) is 1. The number of pyridine rings is 2. The molecule has 0 aliphatic rings. The van der Waals surface area contributed by atoms with E-state index in [4.69, 9.17) is 0 Å². The lowest BCUT2D eigenvalue weighted by molar-refractivity contribution is 0.773. The fraction of sp³-hybridized carbons (Fsp3) is 0.176. The third-order valence-electron chi connectivity index (χ3n) is 3.93. The zero-order chi connectivity index (χ0) is 16.5. The van der Waals surface area contributed by atoms with Gasteiger partial charge in [-0.05, 0) is 30.7 Å². The summed E-state index contributed by atoms with van der Waals surface area (Å²) in [5.74, 6) is 0. The third-order valence-corrected chi connectivity index (χ3v) is 3.93. The van der Waals surface area contributed by atoms with Crippen LogP contribution in [0.3, 0.4) is 0 Å². The Morgan fingerprint density at radius 3 is 2.83 bits per heavy atom. The van der Waals surface area contributed by atoms with E-state index in [0.29, 0.717) is 6.54 Å². The minimum atomic E-state index is 0.680. The number of hydrogen-bond acceptors (Lipinski definition) is 5. The van der Waals surface area contributed by atoms with Gasteiger partial charge in [-0.25, -0.2) is 9.67 Å². The molecule has 0 saturated heterocycles. The van der Waals surface area contributed by atoms with E-state index in [1.165, 1.54) is 0 Å². The fourth-order valence-electron chi connectivity index (χ4n) is 2.70. The lowest BCUT2D eigenvalue weighted by Gasteiger charge is -2.04. The van der Waals surface area contributed by atoms with E-state index < -0.39 is 0 Å². The molecule has 0 bridgehead atoms. The second-order valence-electron chi connectivity index (χ2n) is 5.66. The molecule has 4 aromatic rings. The summed E-state index contributed by atoms with van der Waals surface area (Å²) in [7, 11) is 1.91. The van der Waals surface area contributed by atoms with Crippen molar-refractivity contribution in [3.63, 3.8) is 0 Å². The molecule has 0 aliphatic carbocycles. The van der Waals surface area contributed by atoms with Crippen molar-refractivity contribution in [3.05, 3.63) is 60.4 Å². The predicted octanol–water partition coefficient (Wildman–Crippen LogP) is 2.47. The van der Waals surface area contributed by atoms with Crippen LogP contribution in [-0.2, 0) is 13.6 Å². The van der Waals surface area contributed by atoms with Crippen molar-refractivity contribution in [1.82, 2.24) is 29.5 Å². The summed E-state index contributed by atoms with van der Waals surface area (Å²) in [6, 6.07) is 5.96. The first kappa shape index (κ1) is 14.4. The van der Waals surface area contributed by atoms with Gasteiger partial charge in [-0.3, -0.25) is 9.67 Å². The number of hydrogen-bond donors (Lipinski definition) is 1. The second-order valence-corrected chi connectivity index (χ2v) is 5.66. The van der Waals surface area contributed by atoms with Crippen molar-refractivity contribution in [1.29, 1.82) is 0 Å². The number of rotatable bonds is 4. The Labute approximate surface area is 139 Å². The predicted molar refractivity (Wildman–Crippen MR) is 91.9 cm³/mol. The summed E-state index contributed by atoms with van der Waals surface area (Å²) in [4.78, 5) is 8.52. The molecular formula is C17H17N7. The quantitative estimate of drug-likeness (QED) is 0.625. The van der Waals surface area contributed by atoms with Crippen molar-refractivity contribution >= 4 is 16.7 Å². The molecule has 0 atom stereocenters. The van der Waals surface area contributed by atoms with Crippen LogP contribution in [0.25, 0.3) is 16.7 Å². The average Bonchev–Trinajstić information content (AvgIpc) is 3.19. The van der Waals surface area contributed by atoms with Crippen LogP contribution in [-0.4, -0.2) is 29.5 Å². The SMILES string of the molecule is Cc1nn(C)c2ncc(CNc3cnn(-c4ccncc4)c3)cc12. The molecule has 0 radical (unpaired) electrons. The first-order chi connectivity index (χ1) is 11.7. The highest BCUT2D eigenvalue weighted by Crippen LogP contribution is 2.18. The van der Waals surface area contributed by atoms with Crippen LogP contribution in [0.15, 0.2) is 49.2 Å². The Balaban J connectivity index is 1.51. The molecule has 4 rings (SSSR count). The van der Waals surface area contributed by atoms with Crippen molar-refractivity contribution < 1.29 is 0 Å². The molecule has 0 amide bonds. The van der Waals surface area contributed by atoms with Crippen LogP contribution in [0.5, 0.6) is 0 Å². The normalized spacial score (nSPS) is 11.1. The first-order valence-corrected chi connectivity index (χ1v) is 7.68. The monoisotopic (exact) mass is 319 g/mol. The summed E-state index contributed by atoms with van der Waals surface area (Å²) in [5.41, 5.74) is 4.94. The molecular weight excluding hydrogens is 302 g/mol. The highest BCUT2D eigenvalue weighted by Gasteiger charge is 2.07. The van der Waals surface area contributed by atoms with Gasteiger partial charge < -0.3 is 5.32 Å². The van der Waals surface area contributed by atoms with Crippen molar-refractivity contribution in [2.45, 2.75) is 13.5 Å². The second kappa shape index (κ2) is 5.77. The number of aromatic nitrogens is 6. The Kier molecular flexibility index (Phi) is 3.45. The molecule has 0 aromatic carbocycles. The zero-order valence-electron chi connectivity index (χ0n) is 13.5. The number of anilines is 1. The minimum absolute atomic E-state index is 0.680. The molecule has 0 saturated carbocycles. The van der Waals surface area contributed by atoms with Gasteiger partial charge in [0.15, 0.2) is 5.65 Å². The van der Waals surface area contributed by atoms with Crippen LogP contribution in [0.4, 0.5) is 5.69 Å². The maximum absolute atomic E-state index is 4.50. The van der Waals surface area contributed by atoms with Gasteiger partial charge in [0.05, 0.1) is 29.5 Å². The van der Waals surface area contributed by atoms with Gasteiger partial charge in [0.25, 0.3) is 0 Å². The molecule has 4 aromatic heterocycles. The number of nitrogens with zero attached hydrogens (tertiary/aromatic N) is 6. The maximum atomic E-state index is 4.50. The molecule has 0 spiro atoms. The molecule has 0 fully saturated rings. The van der Waals surface area contributed by atoms with Gasteiger partial charge in [-0.1, -0.05) is 0 Å². The van der Waals surface area contributed by atoms with E-state index in [-0.39, 0.29) is 0 Å². The van der Waals surface area contributed by atoms with E-state index in [1.807, 2.05) is 49.4 Å².